The van der Waals surface area contributed by atoms with Gasteiger partial charge in [-0.2, -0.15) is 4.31 Å². The SMILES string of the molecule is CC[C@@]1(C(=O)O)C[C@@H]2CC[C@H]1N2S(=O)(=O)c1cc(C)cs1. The number of rotatable bonds is 4. The number of hydrogen-bond acceptors (Lipinski definition) is 4. The van der Waals surface area contributed by atoms with Crippen LogP contribution in [0.3, 0.4) is 0 Å². The van der Waals surface area contributed by atoms with E-state index < -0.39 is 27.4 Å². The van der Waals surface area contributed by atoms with Crippen molar-refractivity contribution in [3.8, 4) is 0 Å². The lowest BCUT2D eigenvalue weighted by Crippen LogP contribution is -2.44. The highest BCUT2D eigenvalue weighted by molar-refractivity contribution is 7.91. The molecule has 3 heterocycles. The summed E-state index contributed by atoms with van der Waals surface area (Å²) in [7, 11) is -3.58. The first-order valence-corrected chi connectivity index (χ1v) is 9.47. The first-order chi connectivity index (χ1) is 9.83. The van der Waals surface area contributed by atoms with Crippen LogP contribution in [0.1, 0.15) is 38.2 Å². The number of carboxylic acid groups (broad SMARTS) is 1. The minimum absolute atomic E-state index is 0.168. The summed E-state index contributed by atoms with van der Waals surface area (Å²) in [5.41, 5.74) is 0.00700. The number of aryl methyl sites for hydroxylation is 1. The fourth-order valence-corrected chi connectivity index (χ4v) is 7.17. The number of aliphatic carboxylic acids is 1. The Labute approximate surface area is 128 Å². The minimum atomic E-state index is -3.58. The van der Waals surface area contributed by atoms with Gasteiger partial charge >= 0.3 is 5.97 Å². The number of fused-ring (bicyclic) bond motifs is 2. The fraction of sp³-hybridized carbons (Fsp3) is 0.643. The molecule has 2 aliphatic rings. The summed E-state index contributed by atoms with van der Waals surface area (Å²) in [6, 6.07) is 1.10. The summed E-state index contributed by atoms with van der Waals surface area (Å²) in [6.07, 6.45) is 2.32. The van der Waals surface area contributed by atoms with Crippen LogP contribution in [0.15, 0.2) is 15.7 Å². The van der Waals surface area contributed by atoms with Gasteiger partial charge in [0.2, 0.25) is 0 Å². The highest BCUT2D eigenvalue weighted by atomic mass is 32.2. The highest BCUT2D eigenvalue weighted by Gasteiger charge is 2.62. The van der Waals surface area contributed by atoms with Crippen molar-refractivity contribution in [2.75, 3.05) is 0 Å². The molecular formula is C14H19NO4S2. The quantitative estimate of drug-likeness (QED) is 0.921. The van der Waals surface area contributed by atoms with Gasteiger partial charge in [0.15, 0.2) is 0 Å². The summed E-state index contributed by atoms with van der Waals surface area (Å²) < 4.78 is 27.6. The Morgan fingerprint density at radius 3 is 2.71 bits per heavy atom. The highest BCUT2D eigenvalue weighted by Crippen LogP contribution is 2.54. The van der Waals surface area contributed by atoms with E-state index in [0.29, 0.717) is 23.5 Å². The number of carboxylic acids is 1. The maximum Gasteiger partial charge on any atom is 0.311 e. The van der Waals surface area contributed by atoms with E-state index in [2.05, 4.69) is 0 Å². The number of thiophene rings is 1. The van der Waals surface area contributed by atoms with E-state index in [1.165, 1.54) is 15.6 Å². The molecule has 0 saturated carbocycles. The van der Waals surface area contributed by atoms with Gasteiger partial charge in [0, 0.05) is 12.1 Å². The average Bonchev–Trinajstić information content (AvgIpc) is 3.10. The molecule has 2 aliphatic heterocycles. The Balaban J connectivity index is 2.03. The molecule has 0 aliphatic carbocycles. The van der Waals surface area contributed by atoms with Crippen LogP contribution in [0.4, 0.5) is 0 Å². The molecule has 0 amide bonds. The Bertz CT molecular complexity index is 681. The third kappa shape index (κ3) is 1.98. The van der Waals surface area contributed by atoms with Gasteiger partial charge in [0.1, 0.15) is 4.21 Å². The van der Waals surface area contributed by atoms with Crippen LogP contribution >= 0.6 is 11.3 Å². The van der Waals surface area contributed by atoms with Crippen molar-refractivity contribution < 1.29 is 18.3 Å². The summed E-state index contributed by atoms with van der Waals surface area (Å²) in [4.78, 5) is 11.7. The fourth-order valence-electron chi connectivity index (χ4n) is 3.90. The molecule has 21 heavy (non-hydrogen) atoms. The van der Waals surface area contributed by atoms with Crippen LogP contribution in [-0.2, 0) is 14.8 Å². The molecule has 1 aromatic rings. The van der Waals surface area contributed by atoms with Crippen molar-refractivity contribution >= 4 is 27.3 Å². The van der Waals surface area contributed by atoms with E-state index in [1.54, 1.807) is 6.07 Å². The number of sulfonamides is 1. The number of hydrogen-bond donors (Lipinski definition) is 1. The maximum atomic E-state index is 12.9. The molecule has 2 fully saturated rings. The Kier molecular flexibility index (Phi) is 3.42. The molecule has 0 unspecified atom stereocenters. The smallest absolute Gasteiger partial charge is 0.311 e. The lowest BCUT2D eigenvalue weighted by molar-refractivity contribution is -0.150. The molecule has 0 spiro atoms. The van der Waals surface area contributed by atoms with Crippen LogP contribution in [-0.4, -0.2) is 35.9 Å². The molecule has 3 rings (SSSR count). The first-order valence-electron chi connectivity index (χ1n) is 7.15. The second kappa shape index (κ2) is 4.79. The molecule has 5 nitrogen and oxygen atoms in total. The predicted molar refractivity (Wildman–Crippen MR) is 79.9 cm³/mol. The van der Waals surface area contributed by atoms with Gasteiger partial charge in [0.25, 0.3) is 10.0 Å². The normalized spacial score (nSPS) is 32.7. The Morgan fingerprint density at radius 1 is 1.52 bits per heavy atom. The summed E-state index contributed by atoms with van der Waals surface area (Å²) in [6.45, 7) is 3.70. The number of nitrogens with zero attached hydrogens (tertiary/aromatic N) is 1. The van der Waals surface area contributed by atoms with Crippen LogP contribution in [0.2, 0.25) is 0 Å². The molecule has 116 valence electrons. The van der Waals surface area contributed by atoms with E-state index in [9.17, 15) is 18.3 Å². The number of carbonyl (C=O) groups is 1. The third-order valence-electron chi connectivity index (χ3n) is 4.97. The molecule has 1 N–H and O–H groups in total. The van der Waals surface area contributed by atoms with Crippen LogP contribution in [0.5, 0.6) is 0 Å². The van der Waals surface area contributed by atoms with E-state index in [0.717, 1.165) is 12.0 Å². The predicted octanol–water partition coefficient (Wildman–Crippen LogP) is 2.46. The van der Waals surface area contributed by atoms with Crippen molar-refractivity contribution in [3.63, 3.8) is 0 Å². The molecule has 2 bridgehead atoms. The zero-order valence-electron chi connectivity index (χ0n) is 12.1. The van der Waals surface area contributed by atoms with Gasteiger partial charge in [-0.3, -0.25) is 4.79 Å². The second-order valence-electron chi connectivity index (χ2n) is 6.04. The summed E-state index contributed by atoms with van der Waals surface area (Å²) in [5.74, 6) is -0.861. The monoisotopic (exact) mass is 329 g/mol. The second-order valence-corrected chi connectivity index (χ2v) is 9.03. The minimum Gasteiger partial charge on any atom is -0.481 e. The van der Waals surface area contributed by atoms with E-state index in [1.807, 2.05) is 19.2 Å². The molecule has 1 aromatic heterocycles. The molecular weight excluding hydrogens is 310 g/mol. The van der Waals surface area contributed by atoms with E-state index >= 15 is 0 Å². The van der Waals surface area contributed by atoms with Crippen LogP contribution < -0.4 is 0 Å². The average molecular weight is 329 g/mol. The van der Waals surface area contributed by atoms with Crippen molar-refractivity contribution in [2.24, 2.45) is 5.41 Å². The van der Waals surface area contributed by atoms with E-state index in [4.69, 9.17) is 0 Å². The van der Waals surface area contributed by atoms with Gasteiger partial charge in [-0.1, -0.05) is 6.92 Å². The van der Waals surface area contributed by atoms with Crippen molar-refractivity contribution in [1.82, 2.24) is 4.31 Å². The molecule has 3 atom stereocenters. The van der Waals surface area contributed by atoms with Crippen LogP contribution in [0, 0.1) is 12.3 Å². The van der Waals surface area contributed by atoms with Crippen molar-refractivity contribution in [2.45, 2.75) is 55.8 Å². The topological polar surface area (TPSA) is 74.7 Å². The van der Waals surface area contributed by atoms with Gasteiger partial charge in [-0.15, -0.1) is 11.3 Å². The van der Waals surface area contributed by atoms with Gasteiger partial charge in [-0.25, -0.2) is 8.42 Å². The van der Waals surface area contributed by atoms with Gasteiger partial charge < -0.3 is 5.11 Å². The standard InChI is InChI=1S/C14H19NO4S2/c1-3-14(13(16)17)7-10-4-5-11(14)15(10)21(18,19)12-6-9(2)8-20-12/h6,8,10-11H,3-5,7H2,1-2H3,(H,16,17)/t10-,11+,14+/m0/s1. The Hall–Kier alpha value is -0.920. The Morgan fingerprint density at radius 2 is 2.24 bits per heavy atom. The molecule has 0 aromatic carbocycles. The first kappa shape index (κ1) is 15.0. The molecule has 2 saturated heterocycles. The lowest BCUT2D eigenvalue weighted by atomic mass is 9.72. The maximum absolute atomic E-state index is 12.9. The van der Waals surface area contributed by atoms with Crippen molar-refractivity contribution in [1.29, 1.82) is 0 Å². The van der Waals surface area contributed by atoms with Crippen molar-refractivity contribution in [3.05, 3.63) is 17.0 Å². The molecule has 7 heteroatoms. The summed E-state index contributed by atoms with van der Waals surface area (Å²) >= 11 is 1.21. The third-order valence-corrected chi connectivity index (χ3v) is 8.47. The van der Waals surface area contributed by atoms with Gasteiger partial charge in [0.05, 0.1) is 5.41 Å². The summed E-state index contributed by atoms with van der Waals surface area (Å²) in [5, 5.41) is 11.4. The molecule has 0 radical (unpaired) electrons. The largest absolute Gasteiger partial charge is 0.481 e. The van der Waals surface area contributed by atoms with Crippen LogP contribution in [0.25, 0.3) is 0 Å². The zero-order chi connectivity index (χ0) is 15.4. The lowest BCUT2D eigenvalue weighted by Gasteiger charge is -2.32. The van der Waals surface area contributed by atoms with Gasteiger partial charge in [-0.05, 0) is 49.6 Å². The van der Waals surface area contributed by atoms with E-state index in [-0.39, 0.29) is 6.04 Å². The zero-order valence-corrected chi connectivity index (χ0v) is 13.7.